The number of halogens is 9. The lowest BCUT2D eigenvalue weighted by molar-refractivity contribution is -0.167. The fourth-order valence-electron chi connectivity index (χ4n) is 3.86. The molecule has 3 aromatic rings. The van der Waals surface area contributed by atoms with Crippen molar-refractivity contribution in [2.75, 3.05) is 16.0 Å². The second kappa shape index (κ2) is 11.3. The zero-order valence-electron chi connectivity index (χ0n) is 19.5. The third-order valence-corrected chi connectivity index (χ3v) is 7.74. The summed E-state index contributed by atoms with van der Waals surface area (Å²) < 4.78 is 49.9. The molecular weight excluding hydrogens is 644 g/mol. The van der Waals surface area contributed by atoms with Crippen LogP contribution in [0.15, 0.2) is 54.6 Å². The number of hydrogen-bond acceptors (Lipinski definition) is 3. The Labute approximate surface area is 248 Å². The first-order valence-electron chi connectivity index (χ1n) is 11.0. The van der Waals surface area contributed by atoms with Gasteiger partial charge in [-0.2, -0.15) is 13.2 Å². The second-order valence-corrected chi connectivity index (χ2v) is 11.3. The fraction of sp³-hybridized carbons (Fsp3) is 0.160. The number of benzene rings is 3. The molecule has 15 heteroatoms. The molecule has 1 saturated carbocycles. The number of anilines is 3. The van der Waals surface area contributed by atoms with Crippen LogP contribution in [0.3, 0.4) is 0 Å². The van der Waals surface area contributed by atoms with Crippen LogP contribution in [0.4, 0.5) is 34.6 Å². The third kappa shape index (κ3) is 6.42. The summed E-state index contributed by atoms with van der Waals surface area (Å²) in [7, 11) is 0. The molecule has 0 saturated heterocycles. The maximum Gasteiger partial charge on any atom is 0.471 e. The second-order valence-electron chi connectivity index (χ2n) is 8.59. The smallest absolute Gasteiger partial charge is 0.326 e. The van der Waals surface area contributed by atoms with Crippen molar-refractivity contribution >= 4 is 92.8 Å². The first-order chi connectivity index (χ1) is 18.6. The zero-order valence-corrected chi connectivity index (χ0v) is 23.3. The van der Waals surface area contributed by atoms with Gasteiger partial charge in [0.05, 0.1) is 32.2 Å². The molecule has 0 aliphatic heterocycles. The van der Waals surface area contributed by atoms with Gasteiger partial charge in [-0.15, -0.1) is 23.2 Å². The zero-order chi connectivity index (χ0) is 29.6. The molecule has 4 rings (SSSR count). The highest BCUT2D eigenvalue weighted by Crippen LogP contribution is 2.65. The number of carbonyl (C=O) groups excluding carboxylic acids is 3. The van der Waals surface area contributed by atoms with Crippen molar-refractivity contribution in [3.8, 4) is 0 Å². The fourth-order valence-corrected chi connectivity index (χ4v) is 5.25. The molecule has 3 amide bonds. The quantitative estimate of drug-likeness (QED) is 0.185. The highest BCUT2D eigenvalue weighted by atomic mass is 35.5. The van der Waals surface area contributed by atoms with Crippen molar-refractivity contribution in [3.63, 3.8) is 0 Å². The monoisotopic (exact) mass is 655 g/mol. The first kappa shape index (κ1) is 30.2. The molecule has 0 unspecified atom stereocenters. The van der Waals surface area contributed by atoms with Gasteiger partial charge in [0.25, 0.3) is 5.91 Å². The molecule has 2 atom stereocenters. The standard InChI is InChI=1S/C25H14Cl5F4N3O3/c26-14-4-2-11(36-22(39)20-19(24(20,29)30)10-1-6-17(31)16(28)7-10)8-13(14)21(38)35-12-3-5-15(27)18(9-12)37-23(40)25(32,33)34/h1-9,19-20H,(H,35,38)(H,36,39)(H,37,40)/t19-,20+/m0/s1. The van der Waals surface area contributed by atoms with Crippen LogP contribution >= 0.6 is 58.0 Å². The molecule has 40 heavy (non-hydrogen) atoms. The van der Waals surface area contributed by atoms with Gasteiger partial charge in [0.1, 0.15) is 10.2 Å². The molecule has 3 aromatic carbocycles. The minimum absolute atomic E-state index is 0.00905. The van der Waals surface area contributed by atoms with Crippen LogP contribution in [0.25, 0.3) is 0 Å². The number of hydrogen-bond donors (Lipinski definition) is 3. The van der Waals surface area contributed by atoms with Crippen molar-refractivity contribution in [2.24, 2.45) is 5.92 Å². The predicted octanol–water partition coefficient (Wildman–Crippen LogP) is 8.07. The third-order valence-electron chi connectivity index (χ3n) is 5.85. The van der Waals surface area contributed by atoms with E-state index in [9.17, 15) is 31.9 Å². The predicted molar refractivity (Wildman–Crippen MR) is 146 cm³/mol. The lowest BCUT2D eigenvalue weighted by Gasteiger charge is -2.13. The SMILES string of the molecule is O=C(Nc1ccc(Cl)c(NC(=O)C(F)(F)F)c1)c1cc(NC(=O)[C@H]2[C@H](c3ccc(F)c(Cl)c3)C2(Cl)Cl)ccc1Cl. The van der Waals surface area contributed by atoms with Gasteiger partial charge < -0.3 is 16.0 Å². The molecule has 0 radical (unpaired) electrons. The summed E-state index contributed by atoms with van der Waals surface area (Å²) in [5.74, 6) is -5.87. The van der Waals surface area contributed by atoms with E-state index in [-0.39, 0.29) is 37.7 Å². The van der Waals surface area contributed by atoms with Gasteiger partial charge in [-0.1, -0.05) is 40.9 Å². The van der Waals surface area contributed by atoms with Gasteiger partial charge in [0, 0.05) is 17.3 Å². The summed E-state index contributed by atoms with van der Waals surface area (Å²) in [6.45, 7) is 0. The van der Waals surface area contributed by atoms with Crippen LogP contribution in [0.5, 0.6) is 0 Å². The minimum atomic E-state index is -5.15. The van der Waals surface area contributed by atoms with Crippen molar-refractivity contribution in [3.05, 3.63) is 86.6 Å². The lowest BCUT2D eigenvalue weighted by atomic mass is 10.1. The van der Waals surface area contributed by atoms with Gasteiger partial charge in [0.2, 0.25) is 5.91 Å². The molecule has 1 fully saturated rings. The van der Waals surface area contributed by atoms with Crippen LogP contribution in [0.1, 0.15) is 21.8 Å². The maximum absolute atomic E-state index is 13.5. The van der Waals surface area contributed by atoms with E-state index in [1.165, 1.54) is 42.5 Å². The Hall–Kier alpha value is -2.76. The van der Waals surface area contributed by atoms with Crippen molar-refractivity contribution < 1.29 is 31.9 Å². The number of rotatable bonds is 6. The van der Waals surface area contributed by atoms with E-state index in [4.69, 9.17) is 58.0 Å². The largest absolute Gasteiger partial charge is 0.471 e. The number of nitrogens with one attached hydrogen (secondary N) is 3. The van der Waals surface area contributed by atoms with E-state index in [0.717, 1.165) is 12.1 Å². The Morgan fingerprint density at radius 1 is 0.775 bits per heavy atom. The Morgan fingerprint density at radius 2 is 1.40 bits per heavy atom. The van der Waals surface area contributed by atoms with E-state index in [1.54, 1.807) is 5.32 Å². The summed E-state index contributed by atoms with van der Waals surface area (Å²) in [5, 5.41) is 6.29. The molecule has 210 valence electrons. The summed E-state index contributed by atoms with van der Waals surface area (Å²) >= 11 is 30.5. The highest BCUT2D eigenvalue weighted by Gasteiger charge is 2.67. The molecule has 6 nitrogen and oxygen atoms in total. The van der Waals surface area contributed by atoms with E-state index in [2.05, 4.69) is 10.6 Å². The molecule has 1 aliphatic rings. The Kier molecular flexibility index (Phi) is 8.50. The van der Waals surface area contributed by atoms with Crippen molar-refractivity contribution in [1.29, 1.82) is 0 Å². The van der Waals surface area contributed by atoms with Gasteiger partial charge in [0.15, 0.2) is 0 Å². The summed E-state index contributed by atoms with van der Waals surface area (Å²) in [6, 6.07) is 11.4. The van der Waals surface area contributed by atoms with E-state index < -0.39 is 45.9 Å². The Balaban J connectivity index is 1.48. The van der Waals surface area contributed by atoms with Crippen molar-refractivity contribution in [2.45, 2.75) is 16.4 Å². The average molecular weight is 658 g/mol. The maximum atomic E-state index is 13.5. The van der Waals surface area contributed by atoms with Gasteiger partial charge in [-0.05, 0) is 54.1 Å². The van der Waals surface area contributed by atoms with Gasteiger partial charge >= 0.3 is 12.1 Å². The molecule has 1 aliphatic carbocycles. The minimum Gasteiger partial charge on any atom is -0.326 e. The Bertz CT molecular complexity index is 1530. The van der Waals surface area contributed by atoms with E-state index in [0.29, 0.717) is 5.56 Å². The molecular formula is C25H14Cl5F4N3O3. The molecule has 0 bridgehead atoms. The van der Waals surface area contributed by atoms with Crippen LogP contribution in [0, 0.1) is 11.7 Å². The number of amides is 3. The van der Waals surface area contributed by atoms with Crippen LogP contribution in [-0.4, -0.2) is 28.2 Å². The van der Waals surface area contributed by atoms with Crippen LogP contribution in [-0.2, 0) is 9.59 Å². The summed E-state index contributed by atoms with van der Waals surface area (Å²) in [5.41, 5.74) is 0.115. The van der Waals surface area contributed by atoms with Crippen molar-refractivity contribution in [1.82, 2.24) is 0 Å². The van der Waals surface area contributed by atoms with Gasteiger partial charge in [-0.3, -0.25) is 14.4 Å². The van der Waals surface area contributed by atoms with Crippen LogP contribution in [0.2, 0.25) is 15.1 Å². The highest BCUT2D eigenvalue weighted by molar-refractivity contribution is 6.53. The first-order valence-corrected chi connectivity index (χ1v) is 12.9. The Morgan fingerprint density at radius 3 is 2.02 bits per heavy atom. The summed E-state index contributed by atoms with van der Waals surface area (Å²) in [6.07, 6.45) is -5.15. The van der Waals surface area contributed by atoms with E-state index >= 15 is 0 Å². The molecule has 0 spiro atoms. The van der Waals surface area contributed by atoms with Crippen LogP contribution < -0.4 is 16.0 Å². The molecule has 3 N–H and O–H groups in total. The topological polar surface area (TPSA) is 87.3 Å². The molecule has 0 aromatic heterocycles. The number of carbonyl (C=O) groups is 3. The average Bonchev–Trinajstić information content (AvgIpc) is 3.45. The lowest BCUT2D eigenvalue weighted by Crippen LogP contribution is -2.30. The van der Waals surface area contributed by atoms with Gasteiger partial charge in [-0.25, -0.2) is 4.39 Å². The normalized spacial score (nSPS) is 17.6. The van der Waals surface area contributed by atoms with E-state index in [1.807, 2.05) is 0 Å². The molecule has 0 heterocycles. The number of alkyl halides is 5. The summed E-state index contributed by atoms with van der Waals surface area (Å²) in [4.78, 5) is 37.1.